The Morgan fingerprint density at radius 2 is 1.85 bits per heavy atom. The van der Waals surface area contributed by atoms with Gasteiger partial charge < -0.3 is 15.0 Å². The number of H-pyrrole nitrogens is 1. The molecule has 1 aliphatic heterocycles. The van der Waals surface area contributed by atoms with Crippen molar-refractivity contribution in [1.82, 2.24) is 9.88 Å². The van der Waals surface area contributed by atoms with Crippen molar-refractivity contribution in [1.29, 1.82) is 0 Å². The lowest BCUT2D eigenvalue weighted by molar-refractivity contribution is 0.109. The van der Waals surface area contributed by atoms with E-state index in [0.29, 0.717) is 6.54 Å². The summed E-state index contributed by atoms with van der Waals surface area (Å²) in [4.78, 5) is 8.04. The highest BCUT2D eigenvalue weighted by atomic mass is 16.3. The van der Waals surface area contributed by atoms with Crippen molar-refractivity contribution in [3.8, 4) is 0 Å². The molecule has 4 heteroatoms. The first-order valence-electron chi connectivity index (χ1n) is 9.40. The van der Waals surface area contributed by atoms with E-state index >= 15 is 0 Å². The number of aromatic nitrogens is 1. The van der Waals surface area contributed by atoms with Crippen LogP contribution in [-0.2, 0) is 0 Å². The molecule has 2 N–H and O–H groups in total. The number of anilines is 1. The summed E-state index contributed by atoms with van der Waals surface area (Å²) in [7, 11) is 0. The summed E-state index contributed by atoms with van der Waals surface area (Å²) in [6.07, 6.45) is 1.49. The normalized spacial score (nSPS) is 17.0. The van der Waals surface area contributed by atoms with Crippen molar-refractivity contribution in [2.45, 2.75) is 20.0 Å². The van der Waals surface area contributed by atoms with Crippen LogP contribution in [0.15, 0.2) is 48.7 Å². The van der Waals surface area contributed by atoms with E-state index in [9.17, 15) is 5.11 Å². The summed E-state index contributed by atoms with van der Waals surface area (Å²) in [6, 6.07) is 14.7. The van der Waals surface area contributed by atoms with E-state index in [0.717, 1.165) is 42.6 Å². The van der Waals surface area contributed by atoms with Gasteiger partial charge in [0.1, 0.15) is 0 Å². The predicted octanol–water partition coefficient (Wildman–Crippen LogP) is 3.64. The van der Waals surface area contributed by atoms with Crippen LogP contribution >= 0.6 is 0 Å². The molecule has 136 valence electrons. The molecule has 1 fully saturated rings. The van der Waals surface area contributed by atoms with E-state index in [-0.39, 0.29) is 0 Å². The number of nitrogens with one attached hydrogen (secondary N) is 1. The Labute approximate surface area is 155 Å². The lowest BCUT2D eigenvalue weighted by Crippen LogP contribution is -2.47. The van der Waals surface area contributed by atoms with Crippen molar-refractivity contribution in [2.24, 2.45) is 0 Å². The fourth-order valence-electron chi connectivity index (χ4n) is 3.88. The third-order valence-corrected chi connectivity index (χ3v) is 5.68. The minimum atomic E-state index is -0.443. The van der Waals surface area contributed by atoms with Gasteiger partial charge in [-0.2, -0.15) is 0 Å². The molecule has 4 rings (SSSR count). The van der Waals surface area contributed by atoms with Crippen molar-refractivity contribution in [3.63, 3.8) is 0 Å². The van der Waals surface area contributed by atoms with Crippen molar-refractivity contribution >= 4 is 16.6 Å². The van der Waals surface area contributed by atoms with E-state index in [4.69, 9.17) is 0 Å². The summed E-state index contributed by atoms with van der Waals surface area (Å²) in [5.41, 5.74) is 6.18. The molecular formula is C22H27N3O. The van der Waals surface area contributed by atoms with Crippen LogP contribution < -0.4 is 4.90 Å². The van der Waals surface area contributed by atoms with Crippen LogP contribution in [0.5, 0.6) is 0 Å². The predicted molar refractivity (Wildman–Crippen MR) is 108 cm³/mol. The third-order valence-electron chi connectivity index (χ3n) is 5.68. The Balaban J connectivity index is 1.38. The van der Waals surface area contributed by atoms with E-state index in [1.165, 1.54) is 16.8 Å². The third kappa shape index (κ3) is 3.35. The van der Waals surface area contributed by atoms with Crippen LogP contribution in [-0.4, -0.2) is 47.7 Å². The lowest BCUT2D eigenvalue weighted by Gasteiger charge is -2.37. The molecule has 2 aromatic carbocycles. The highest BCUT2D eigenvalue weighted by Crippen LogP contribution is 2.25. The fraction of sp³-hybridized carbons (Fsp3) is 0.364. The molecule has 4 nitrogen and oxygen atoms in total. The van der Waals surface area contributed by atoms with E-state index in [1.54, 1.807) is 0 Å². The van der Waals surface area contributed by atoms with Crippen molar-refractivity contribution in [3.05, 3.63) is 65.4 Å². The van der Waals surface area contributed by atoms with Gasteiger partial charge in [0.15, 0.2) is 0 Å². The van der Waals surface area contributed by atoms with Crippen LogP contribution in [0.4, 0.5) is 5.69 Å². The smallest absolute Gasteiger partial charge is 0.0917 e. The van der Waals surface area contributed by atoms with Crippen LogP contribution in [0.25, 0.3) is 10.9 Å². The lowest BCUT2D eigenvalue weighted by atomic mass is 10.1. The van der Waals surface area contributed by atoms with Crippen LogP contribution in [0.2, 0.25) is 0 Å². The molecule has 0 bridgehead atoms. The zero-order chi connectivity index (χ0) is 18.1. The summed E-state index contributed by atoms with van der Waals surface area (Å²) in [5.74, 6) is 0. The van der Waals surface area contributed by atoms with Gasteiger partial charge in [-0.25, -0.2) is 0 Å². The SMILES string of the molecule is Cc1cccc(N2CCN(CC(O)c3ccc4[nH]ccc4c3)CC2)c1C. The van der Waals surface area contributed by atoms with E-state index in [2.05, 4.69) is 59.0 Å². The van der Waals surface area contributed by atoms with Gasteiger partial charge in [-0.3, -0.25) is 4.90 Å². The fourth-order valence-corrected chi connectivity index (χ4v) is 3.88. The second kappa shape index (κ2) is 7.14. The minimum Gasteiger partial charge on any atom is -0.387 e. The average Bonchev–Trinajstić information content (AvgIpc) is 3.12. The zero-order valence-electron chi connectivity index (χ0n) is 15.6. The average molecular weight is 349 g/mol. The molecule has 0 aliphatic carbocycles. The van der Waals surface area contributed by atoms with E-state index in [1.807, 2.05) is 18.3 Å². The van der Waals surface area contributed by atoms with Gasteiger partial charge >= 0.3 is 0 Å². The Morgan fingerprint density at radius 1 is 1.04 bits per heavy atom. The highest BCUT2D eigenvalue weighted by molar-refractivity contribution is 5.80. The number of aliphatic hydroxyl groups excluding tert-OH is 1. The molecule has 0 saturated carbocycles. The van der Waals surface area contributed by atoms with Crippen LogP contribution in [0.1, 0.15) is 22.8 Å². The minimum absolute atomic E-state index is 0.443. The van der Waals surface area contributed by atoms with Crippen LogP contribution in [0.3, 0.4) is 0 Å². The molecule has 3 aromatic rings. The standard InChI is InChI=1S/C22H27N3O/c1-16-4-3-5-21(17(16)2)25-12-10-24(11-13-25)15-22(26)19-6-7-20-18(14-19)8-9-23-20/h3-9,14,22-23,26H,10-13,15H2,1-2H3. The maximum absolute atomic E-state index is 10.7. The first-order valence-corrected chi connectivity index (χ1v) is 9.40. The summed E-state index contributed by atoms with van der Waals surface area (Å²) in [5, 5.41) is 11.8. The summed E-state index contributed by atoms with van der Waals surface area (Å²) >= 11 is 0. The number of benzene rings is 2. The topological polar surface area (TPSA) is 42.5 Å². The molecule has 0 spiro atoms. The zero-order valence-corrected chi connectivity index (χ0v) is 15.6. The molecule has 0 amide bonds. The number of nitrogens with zero attached hydrogens (tertiary/aromatic N) is 2. The van der Waals surface area contributed by atoms with Gasteiger partial charge in [0, 0.05) is 50.1 Å². The number of fused-ring (bicyclic) bond motifs is 1. The number of piperazine rings is 1. The van der Waals surface area contributed by atoms with Gasteiger partial charge in [0.25, 0.3) is 0 Å². The van der Waals surface area contributed by atoms with E-state index < -0.39 is 6.10 Å². The second-order valence-corrected chi connectivity index (χ2v) is 7.35. The molecule has 26 heavy (non-hydrogen) atoms. The Bertz CT molecular complexity index is 893. The molecule has 0 radical (unpaired) electrons. The van der Waals surface area contributed by atoms with Gasteiger partial charge in [0.05, 0.1) is 6.10 Å². The Morgan fingerprint density at radius 3 is 2.65 bits per heavy atom. The maximum Gasteiger partial charge on any atom is 0.0917 e. The number of rotatable bonds is 4. The van der Waals surface area contributed by atoms with Gasteiger partial charge in [-0.1, -0.05) is 18.2 Å². The first-order chi connectivity index (χ1) is 12.6. The number of hydrogen-bond acceptors (Lipinski definition) is 3. The van der Waals surface area contributed by atoms with Gasteiger partial charge in [-0.15, -0.1) is 0 Å². The maximum atomic E-state index is 10.7. The van der Waals surface area contributed by atoms with Crippen molar-refractivity contribution in [2.75, 3.05) is 37.6 Å². The second-order valence-electron chi connectivity index (χ2n) is 7.35. The monoisotopic (exact) mass is 349 g/mol. The molecule has 1 atom stereocenters. The Kier molecular flexibility index (Phi) is 4.70. The quantitative estimate of drug-likeness (QED) is 0.756. The number of β-amino-alcohol motifs (C(OH)–C–C–N with tert-alkyl or cyclic N) is 1. The molecule has 1 aromatic heterocycles. The molecular weight excluding hydrogens is 322 g/mol. The molecule has 1 saturated heterocycles. The number of aromatic amines is 1. The van der Waals surface area contributed by atoms with Crippen molar-refractivity contribution < 1.29 is 5.11 Å². The highest BCUT2D eigenvalue weighted by Gasteiger charge is 2.21. The van der Waals surface area contributed by atoms with Gasteiger partial charge in [0.2, 0.25) is 0 Å². The molecule has 1 unspecified atom stereocenters. The number of aryl methyl sites for hydroxylation is 1. The number of hydrogen-bond donors (Lipinski definition) is 2. The number of aliphatic hydroxyl groups is 1. The molecule has 2 heterocycles. The molecule has 1 aliphatic rings. The first kappa shape index (κ1) is 17.1. The Hall–Kier alpha value is -2.30. The summed E-state index contributed by atoms with van der Waals surface area (Å²) < 4.78 is 0. The summed E-state index contributed by atoms with van der Waals surface area (Å²) in [6.45, 7) is 9.05. The van der Waals surface area contributed by atoms with Crippen LogP contribution in [0, 0.1) is 13.8 Å². The van der Waals surface area contributed by atoms with Gasteiger partial charge in [-0.05, 0) is 60.2 Å². The largest absolute Gasteiger partial charge is 0.387 e.